The van der Waals surface area contributed by atoms with Crippen molar-refractivity contribution < 1.29 is 13.5 Å². The third kappa shape index (κ3) is 3.14. The number of halogens is 1. The van der Waals surface area contributed by atoms with Crippen molar-refractivity contribution in [2.75, 3.05) is 4.72 Å². The van der Waals surface area contributed by atoms with Crippen LogP contribution in [0.2, 0.25) is 5.02 Å². The average molecular weight is 394 g/mol. The fourth-order valence-electron chi connectivity index (χ4n) is 2.49. The molecule has 1 aromatic carbocycles. The molecule has 136 valence electrons. The lowest BCUT2D eigenvalue weighted by molar-refractivity contribution is 0.132. The summed E-state index contributed by atoms with van der Waals surface area (Å²) in [6.45, 7) is 3.33. The van der Waals surface area contributed by atoms with Gasteiger partial charge in [-0.05, 0) is 26.0 Å². The van der Waals surface area contributed by atoms with Gasteiger partial charge in [-0.25, -0.2) is 8.42 Å². The van der Waals surface area contributed by atoms with Gasteiger partial charge in [-0.3, -0.25) is 9.40 Å². The van der Waals surface area contributed by atoms with E-state index in [0.29, 0.717) is 21.5 Å². The van der Waals surface area contributed by atoms with Crippen LogP contribution in [0.4, 0.5) is 5.69 Å². The number of sulfonamides is 1. The van der Waals surface area contributed by atoms with Gasteiger partial charge in [-0.2, -0.15) is 10.4 Å². The number of aliphatic hydroxyl groups excluding tert-OH is 1. The zero-order chi connectivity index (χ0) is 19.1. The Morgan fingerprint density at radius 3 is 2.81 bits per heavy atom. The molecule has 0 aliphatic heterocycles. The van der Waals surface area contributed by atoms with Crippen LogP contribution in [-0.2, 0) is 10.0 Å². The van der Waals surface area contributed by atoms with Crippen LogP contribution in [0.15, 0.2) is 35.6 Å². The molecule has 0 aliphatic carbocycles. The Labute approximate surface area is 155 Å². The van der Waals surface area contributed by atoms with E-state index < -0.39 is 16.1 Å². The number of anilines is 1. The number of rotatable bonds is 5. The Morgan fingerprint density at radius 1 is 1.42 bits per heavy atom. The molecule has 2 aromatic heterocycles. The minimum Gasteiger partial charge on any atom is -0.391 e. The molecule has 0 saturated heterocycles. The number of aromatic nitrogens is 3. The molecular weight excluding hydrogens is 378 g/mol. The quantitative estimate of drug-likeness (QED) is 0.614. The Bertz CT molecular complexity index is 1110. The SMILES string of the molecule is CC(O)C(C)n1cc(S(=O)(=O)Nc2ccc(Cl)c3c(C#N)c[nH]c23)cn1. The van der Waals surface area contributed by atoms with Crippen LogP contribution in [0.5, 0.6) is 0 Å². The minimum atomic E-state index is -3.91. The highest BCUT2D eigenvalue weighted by atomic mass is 35.5. The molecule has 2 heterocycles. The van der Waals surface area contributed by atoms with Crippen LogP contribution in [0.3, 0.4) is 0 Å². The maximum absolute atomic E-state index is 12.7. The maximum Gasteiger partial charge on any atom is 0.265 e. The molecule has 0 amide bonds. The van der Waals surface area contributed by atoms with E-state index in [4.69, 9.17) is 16.9 Å². The van der Waals surface area contributed by atoms with Gasteiger partial charge in [-0.15, -0.1) is 0 Å². The van der Waals surface area contributed by atoms with Gasteiger partial charge in [-0.1, -0.05) is 11.6 Å². The van der Waals surface area contributed by atoms with Crippen LogP contribution >= 0.6 is 11.6 Å². The van der Waals surface area contributed by atoms with Crippen molar-refractivity contribution in [3.05, 3.63) is 41.3 Å². The monoisotopic (exact) mass is 393 g/mol. The molecule has 0 bridgehead atoms. The first-order valence-corrected chi connectivity index (χ1v) is 9.55. The fraction of sp³-hybridized carbons (Fsp3) is 0.250. The number of fused-ring (bicyclic) bond motifs is 1. The summed E-state index contributed by atoms with van der Waals surface area (Å²) in [6, 6.07) is 4.68. The van der Waals surface area contributed by atoms with Crippen molar-refractivity contribution in [1.29, 1.82) is 5.26 Å². The normalized spacial score (nSPS) is 14.1. The third-order valence-corrected chi connectivity index (χ3v) is 5.79. The van der Waals surface area contributed by atoms with Crippen LogP contribution < -0.4 is 4.72 Å². The Balaban J connectivity index is 1.99. The second kappa shape index (κ2) is 6.64. The molecule has 0 spiro atoms. The van der Waals surface area contributed by atoms with E-state index in [9.17, 15) is 13.5 Å². The van der Waals surface area contributed by atoms with E-state index in [1.807, 2.05) is 6.07 Å². The van der Waals surface area contributed by atoms with Gasteiger partial charge in [0, 0.05) is 17.8 Å². The van der Waals surface area contributed by atoms with Gasteiger partial charge in [0.2, 0.25) is 0 Å². The van der Waals surface area contributed by atoms with Gasteiger partial charge in [0.1, 0.15) is 11.0 Å². The van der Waals surface area contributed by atoms with Crippen molar-refractivity contribution in [3.8, 4) is 6.07 Å². The standard InChI is InChI=1S/C16H16ClN5O3S/c1-9(10(2)23)22-8-12(7-20-22)26(24,25)21-14-4-3-13(17)15-11(5-18)6-19-16(14)15/h3-4,6-10,19,21,23H,1-2H3. The van der Waals surface area contributed by atoms with E-state index in [1.54, 1.807) is 13.8 Å². The van der Waals surface area contributed by atoms with Crippen molar-refractivity contribution >= 4 is 38.2 Å². The van der Waals surface area contributed by atoms with Crippen molar-refractivity contribution in [2.24, 2.45) is 0 Å². The number of nitriles is 1. The average Bonchev–Trinajstić information content (AvgIpc) is 3.24. The highest BCUT2D eigenvalue weighted by molar-refractivity contribution is 7.92. The molecule has 26 heavy (non-hydrogen) atoms. The molecule has 2 atom stereocenters. The number of nitrogens with zero attached hydrogens (tertiary/aromatic N) is 3. The topological polar surface area (TPSA) is 124 Å². The minimum absolute atomic E-state index is 0.0415. The smallest absolute Gasteiger partial charge is 0.265 e. The molecule has 0 saturated carbocycles. The number of H-pyrrole nitrogens is 1. The zero-order valence-corrected chi connectivity index (χ0v) is 15.5. The number of benzene rings is 1. The number of hydrogen-bond acceptors (Lipinski definition) is 5. The molecule has 2 unspecified atom stereocenters. The summed E-state index contributed by atoms with van der Waals surface area (Å²) in [5.74, 6) is 0. The van der Waals surface area contributed by atoms with Gasteiger partial charge in [0.05, 0.1) is 40.1 Å². The molecule has 0 aliphatic rings. The lowest BCUT2D eigenvalue weighted by atomic mass is 10.1. The number of aliphatic hydroxyl groups is 1. The van der Waals surface area contributed by atoms with Crippen LogP contribution in [-0.4, -0.2) is 34.4 Å². The largest absolute Gasteiger partial charge is 0.391 e. The first-order chi connectivity index (χ1) is 12.2. The van der Waals surface area contributed by atoms with Crippen LogP contribution in [0.1, 0.15) is 25.5 Å². The van der Waals surface area contributed by atoms with Crippen molar-refractivity contribution in [1.82, 2.24) is 14.8 Å². The lowest BCUT2D eigenvalue weighted by Gasteiger charge is -2.14. The van der Waals surface area contributed by atoms with Gasteiger partial charge < -0.3 is 10.1 Å². The van der Waals surface area contributed by atoms with E-state index in [2.05, 4.69) is 14.8 Å². The highest BCUT2D eigenvalue weighted by Crippen LogP contribution is 2.32. The summed E-state index contributed by atoms with van der Waals surface area (Å²) in [6.07, 6.45) is 3.35. The third-order valence-electron chi connectivity index (χ3n) is 4.15. The Hall–Kier alpha value is -2.54. The van der Waals surface area contributed by atoms with E-state index in [-0.39, 0.29) is 16.6 Å². The molecule has 3 N–H and O–H groups in total. The first-order valence-electron chi connectivity index (χ1n) is 7.69. The van der Waals surface area contributed by atoms with E-state index in [0.717, 1.165) is 0 Å². The molecule has 3 rings (SSSR count). The Morgan fingerprint density at radius 2 is 2.15 bits per heavy atom. The number of aromatic amines is 1. The predicted molar refractivity (Wildman–Crippen MR) is 97.5 cm³/mol. The predicted octanol–water partition coefficient (Wildman–Crippen LogP) is 2.63. The summed E-state index contributed by atoms with van der Waals surface area (Å²) in [7, 11) is -3.91. The van der Waals surface area contributed by atoms with Gasteiger partial charge >= 0.3 is 0 Å². The molecule has 8 nitrogen and oxygen atoms in total. The zero-order valence-electron chi connectivity index (χ0n) is 13.9. The van der Waals surface area contributed by atoms with Crippen molar-refractivity contribution in [2.45, 2.75) is 30.9 Å². The molecule has 0 radical (unpaired) electrons. The second-order valence-electron chi connectivity index (χ2n) is 5.90. The van der Waals surface area contributed by atoms with Crippen LogP contribution in [0, 0.1) is 11.3 Å². The molecular formula is C16H16ClN5O3S. The molecule has 0 fully saturated rings. The maximum atomic E-state index is 12.7. The summed E-state index contributed by atoms with van der Waals surface area (Å²) in [5.41, 5.74) is 1.01. The summed E-state index contributed by atoms with van der Waals surface area (Å²) in [4.78, 5) is 2.83. The van der Waals surface area contributed by atoms with Crippen LogP contribution in [0.25, 0.3) is 10.9 Å². The molecule has 3 aromatic rings. The Kier molecular flexibility index (Phi) is 4.66. The van der Waals surface area contributed by atoms with E-state index in [1.165, 1.54) is 35.4 Å². The van der Waals surface area contributed by atoms with Gasteiger partial charge in [0.15, 0.2) is 0 Å². The highest BCUT2D eigenvalue weighted by Gasteiger charge is 2.21. The second-order valence-corrected chi connectivity index (χ2v) is 7.99. The first kappa shape index (κ1) is 18.3. The fourth-order valence-corrected chi connectivity index (χ4v) is 3.76. The summed E-state index contributed by atoms with van der Waals surface area (Å²) < 4.78 is 29.2. The number of hydrogen-bond donors (Lipinski definition) is 3. The van der Waals surface area contributed by atoms with Gasteiger partial charge in [0.25, 0.3) is 10.0 Å². The van der Waals surface area contributed by atoms with E-state index >= 15 is 0 Å². The molecule has 10 heteroatoms. The summed E-state index contributed by atoms with van der Waals surface area (Å²) in [5, 5.41) is 23.6. The lowest BCUT2D eigenvalue weighted by Crippen LogP contribution is -2.18. The summed E-state index contributed by atoms with van der Waals surface area (Å²) >= 11 is 6.12. The number of nitrogens with one attached hydrogen (secondary N) is 2. The van der Waals surface area contributed by atoms with Crippen molar-refractivity contribution in [3.63, 3.8) is 0 Å².